The number of rotatable bonds is 11. The highest BCUT2D eigenvalue weighted by Gasteiger charge is 2.44. The fourth-order valence-corrected chi connectivity index (χ4v) is 12.9. The van der Waals surface area contributed by atoms with Gasteiger partial charge in [-0.2, -0.15) is 0 Å². The molecule has 334 valence electrons. The summed E-state index contributed by atoms with van der Waals surface area (Å²) >= 11 is 0. The minimum Gasteiger partial charge on any atom is -0.504 e. The largest absolute Gasteiger partial charge is 0.504 e. The molecule has 7 rings (SSSR count). The van der Waals surface area contributed by atoms with Crippen LogP contribution in [-0.4, -0.2) is 116 Å². The summed E-state index contributed by atoms with van der Waals surface area (Å²) < 4.78 is 13.1. The van der Waals surface area contributed by atoms with E-state index in [1.54, 1.807) is 27.7 Å². The third-order valence-corrected chi connectivity index (χ3v) is 16.0. The third-order valence-electron chi connectivity index (χ3n) is 13.6. The molecule has 61 heavy (non-hydrogen) atoms. The van der Waals surface area contributed by atoms with Crippen LogP contribution in [0.5, 0.6) is 11.5 Å². The molecule has 0 bridgehead atoms. The standard InChI is InChI=1S/C47H65N3O9S2/c1-2-28-17-30-20-40(55)43(59-44-21-31(18-33-4-3-11-49-33)35-9-12-50-47(48)39(35)26-61-60-25-32(24-53)46(44)57)23-37(30)38-22-41(56)45-29(19-36(28)38)6-5-27(10-13-51)16-34(54)7-8-42(45)58-15-14-52/h3-4,9,11,19-20,23,27-29,31-32,34,38,41-42,44-46,49-57H,2,7-8,10,12-18,21-22,24-26,48H2,1H3/t27-,28+,29+,31+,32+,34+,38+,41-,42+,44-,45+,46-/m1/s1. The second kappa shape index (κ2) is 21.5. The molecule has 1 aromatic heterocycles. The van der Waals surface area contributed by atoms with Gasteiger partial charge in [0.1, 0.15) is 11.9 Å². The van der Waals surface area contributed by atoms with Crippen LogP contribution in [0.3, 0.4) is 0 Å². The summed E-state index contributed by atoms with van der Waals surface area (Å²) in [6.07, 6.45) is 7.21. The summed E-state index contributed by atoms with van der Waals surface area (Å²) in [4.78, 5) is 3.35. The summed E-state index contributed by atoms with van der Waals surface area (Å²) in [6, 6.07) is 7.70. The van der Waals surface area contributed by atoms with Crippen molar-refractivity contribution in [1.82, 2.24) is 10.3 Å². The Morgan fingerprint density at radius 3 is 2.59 bits per heavy atom. The molecule has 0 unspecified atom stereocenters. The van der Waals surface area contributed by atoms with Crippen molar-refractivity contribution < 1.29 is 45.2 Å². The van der Waals surface area contributed by atoms with Crippen LogP contribution in [-0.2, 0) is 17.6 Å². The van der Waals surface area contributed by atoms with Crippen molar-refractivity contribution in [3.8, 4) is 23.3 Å². The van der Waals surface area contributed by atoms with Gasteiger partial charge < -0.3 is 61.3 Å². The summed E-state index contributed by atoms with van der Waals surface area (Å²) in [6.45, 7) is 2.40. The van der Waals surface area contributed by atoms with Gasteiger partial charge in [0.15, 0.2) is 11.5 Å². The highest BCUT2D eigenvalue weighted by Crippen LogP contribution is 2.51. The second-order valence-corrected chi connectivity index (χ2v) is 20.0. The first-order valence-electron chi connectivity index (χ1n) is 22.1. The maximum Gasteiger partial charge on any atom is 0.161 e. The first-order valence-corrected chi connectivity index (χ1v) is 24.6. The van der Waals surface area contributed by atoms with Crippen LogP contribution in [0, 0.1) is 47.3 Å². The first-order chi connectivity index (χ1) is 29.6. The normalized spacial score (nSPS) is 33.4. The van der Waals surface area contributed by atoms with Crippen molar-refractivity contribution in [2.24, 2.45) is 41.2 Å². The van der Waals surface area contributed by atoms with Crippen molar-refractivity contribution in [2.75, 3.05) is 44.5 Å². The number of H-pyrrole nitrogens is 1. The predicted octanol–water partition coefficient (Wildman–Crippen LogP) is 4.29. The van der Waals surface area contributed by atoms with E-state index in [-0.39, 0.29) is 67.5 Å². The van der Waals surface area contributed by atoms with E-state index in [2.05, 4.69) is 41.2 Å². The maximum absolute atomic E-state index is 12.3. The molecular formula is C47H65N3O9S2. The van der Waals surface area contributed by atoms with Crippen LogP contribution < -0.4 is 15.8 Å². The van der Waals surface area contributed by atoms with Crippen LogP contribution in [0.15, 0.2) is 65.2 Å². The van der Waals surface area contributed by atoms with Crippen molar-refractivity contribution in [2.45, 2.75) is 101 Å². The van der Waals surface area contributed by atoms with E-state index in [1.807, 2.05) is 24.4 Å². The molecule has 12 nitrogen and oxygen atoms in total. The number of phenols is 1. The first kappa shape index (κ1) is 45.9. The van der Waals surface area contributed by atoms with E-state index in [9.17, 15) is 35.7 Å². The smallest absolute Gasteiger partial charge is 0.161 e. The number of benzene rings is 1. The van der Waals surface area contributed by atoms with Crippen LogP contribution in [0.2, 0.25) is 0 Å². The number of nitrogens with two attached hydrogens (primary N) is 1. The molecule has 0 amide bonds. The molecule has 0 spiro atoms. The zero-order valence-electron chi connectivity index (χ0n) is 35.1. The number of allylic oxidation sites excluding steroid dienone is 3. The Kier molecular flexibility index (Phi) is 16.2. The van der Waals surface area contributed by atoms with Gasteiger partial charge in [-0.3, -0.25) is 0 Å². The number of aromatic nitrogens is 1. The number of dihydropyridines is 1. The van der Waals surface area contributed by atoms with Gasteiger partial charge in [0.25, 0.3) is 0 Å². The summed E-state index contributed by atoms with van der Waals surface area (Å²) in [5.41, 5.74) is 12.8. The van der Waals surface area contributed by atoms with Gasteiger partial charge in [-0.1, -0.05) is 58.1 Å². The molecule has 1 saturated heterocycles. The van der Waals surface area contributed by atoms with Crippen molar-refractivity contribution in [1.29, 1.82) is 0 Å². The average Bonchev–Trinajstić information content (AvgIpc) is 3.71. The Morgan fingerprint density at radius 2 is 1.84 bits per heavy atom. The van der Waals surface area contributed by atoms with Gasteiger partial charge in [0.05, 0.1) is 37.6 Å². The molecule has 2 aromatic rings. The number of aliphatic hydroxyl groups is 6. The van der Waals surface area contributed by atoms with Crippen molar-refractivity contribution >= 4 is 21.6 Å². The van der Waals surface area contributed by atoms with E-state index in [0.29, 0.717) is 75.2 Å². The van der Waals surface area contributed by atoms with Crippen molar-refractivity contribution in [3.05, 3.63) is 82.0 Å². The Labute approximate surface area is 367 Å². The molecule has 1 aromatic carbocycles. The fraction of sp³-hybridized carbons (Fsp3) is 0.617. The number of aliphatic hydroxyl groups excluding tert-OH is 6. The average molecular weight is 880 g/mol. The predicted molar refractivity (Wildman–Crippen MR) is 239 cm³/mol. The van der Waals surface area contributed by atoms with Gasteiger partial charge in [-0.05, 0) is 111 Å². The van der Waals surface area contributed by atoms with Crippen LogP contribution in [0.1, 0.15) is 74.6 Å². The third kappa shape index (κ3) is 10.8. The number of phenolic OH excluding ortho intramolecular Hbond substituents is 1. The lowest BCUT2D eigenvalue weighted by Crippen LogP contribution is -2.42. The molecule has 14 heteroatoms. The number of nitrogens with one attached hydrogen (secondary N) is 2. The molecule has 11 N–H and O–H groups in total. The van der Waals surface area contributed by atoms with Gasteiger partial charge in [-0.15, -0.1) is 0 Å². The minimum atomic E-state index is -1.06. The quantitative estimate of drug-likeness (QED) is 0.0868. The number of hydrogen-bond acceptors (Lipinski definition) is 13. The minimum absolute atomic E-state index is 0.0278. The summed E-state index contributed by atoms with van der Waals surface area (Å²) in [5, 5.41) is 80.7. The SMILES string of the molecule is CC[C@H]1Cc2cc(O)c(O[C@@H]3C[C@H](Cc4ccc[nH]4)C4=CCNC(N)=C4CSSC[C@H](CO)[C@H]3O)cc2[C@H]2C[C@@H](O)[C@H]3[C@@H](OCCO)CC[C@H](O)C[C@@H](CCO)C#C[C@H]3C=C12. The van der Waals surface area contributed by atoms with E-state index >= 15 is 0 Å². The number of hydrogen-bond donors (Lipinski definition) is 10. The van der Waals surface area contributed by atoms with E-state index in [1.165, 1.54) is 5.57 Å². The molecule has 12 atom stereocenters. The summed E-state index contributed by atoms with van der Waals surface area (Å²) in [7, 11) is 3.23. The molecule has 0 radical (unpaired) electrons. The number of fused-ring (bicyclic) bond motifs is 5. The van der Waals surface area contributed by atoms with Gasteiger partial charge in [0.2, 0.25) is 0 Å². The zero-order valence-corrected chi connectivity index (χ0v) is 36.8. The molecule has 5 aliphatic rings. The monoisotopic (exact) mass is 879 g/mol. The Balaban J connectivity index is 1.28. The Hall–Kier alpha value is -3.10. The molecule has 0 saturated carbocycles. The maximum atomic E-state index is 12.3. The summed E-state index contributed by atoms with van der Waals surface area (Å²) in [5.74, 6) is 7.17. The second-order valence-electron chi connectivity index (χ2n) is 17.5. The lowest BCUT2D eigenvalue weighted by atomic mass is 9.70. The van der Waals surface area contributed by atoms with Gasteiger partial charge >= 0.3 is 0 Å². The van der Waals surface area contributed by atoms with Gasteiger partial charge in [0, 0.05) is 78.3 Å². The number of ether oxygens (including phenoxy) is 2. The molecule has 3 aliphatic carbocycles. The van der Waals surface area contributed by atoms with Crippen LogP contribution >= 0.6 is 21.6 Å². The number of aromatic amines is 1. The molecular weight excluding hydrogens is 815 g/mol. The Morgan fingerprint density at radius 1 is 0.984 bits per heavy atom. The van der Waals surface area contributed by atoms with Crippen molar-refractivity contribution in [3.63, 3.8) is 0 Å². The highest BCUT2D eigenvalue weighted by molar-refractivity contribution is 8.76. The van der Waals surface area contributed by atoms with Crippen LogP contribution in [0.25, 0.3) is 0 Å². The topological polar surface area (TPSA) is 214 Å². The van der Waals surface area contributed by atoms with Crippen LogP contribution in [0.4, 0.5) is 0 Å². The highest BCUT2D eigenvalue weighted by atomic mass is 33.1. The fourth-order valence-electron chi connectivity index (χ4n) is 10.4. The van der Waals surface area contributed by atoms with E-state index in [0.717, 1.165) is 34.4 Å². The van der Waals surface area contributed by atoms with E-state index in [4.69, 9.17) is 15.2 Å². The molecule has 2 aliphatic heterocycles. The molecule has 3 heterocycles. The Bertz CT molecular complexity index is 1930. The van der Waals surface area contributed by atoms with Gasteiger partial charge in [-0.25, -0.2) is 0 Å². The lowest BCUT2D eigenvalue weighted by molar-refractivity contribution is -0.0645. The zero-order chi connectivity index (χ0) is 43.0. The van der Waals surface area contributed by atoms with E-state index < -0.39 is 42.4 Å². The number of aromatic hydroxyl groups is 1. The molecule has 1 fully saturated rings. The lowest BCUT2D eigenvalue weighted by Gasteiger charge is -2.37.